The summed E-state index contributed by atoms with van der Waals surface area (Å²) in [5.41, 5.74) is 2.25. The molecule has 3 heterocycles. The van der Waals surface area contributed by atoms with Crippen molar-refractivity contribution in [2.45, 2.75) is 44.0 Å². The van der Waals surface area contributed by atoms with E-state index >= 15 is 0 Å². The van der Waals surface area contributed by atoms with Crippen LogP contribution in [0.15, 0.2) is 53.5 Å². The molecule has 1 amide bonds. The fourth-order valence-electron chi connectivity index (χ4n) is 4.49. The van der Waals surface area contributed by atoms with Crippen LogP contribution in [0.25, 0.3) is 0 Å². The third-order valence-electron chi connectivity index (χ3n) is 6.24. The number of likely N-dealkylation sites (tertiary alicyclic amines) is 1. The predicted octanol–water partition coefficient (Wildman–Crippen LogP) is 3.83. The molecular formula is C24H23ClN2O5. The van der Waals surface area contributed by atoms with Gasteiger partial charge in [-0.3, -0.25) is 9.59 Å². The highest BCUT2D eigenvalue weighted by Crippen LogP contribution is 2.44. The van der Waals surface area contributed by atoms with Crippen LogP contribution in [0, 0.1) is 0 Å². The number of hydrogen-bond acceptors (Lipinski definition) is 6. The number of fused-ring (bicyclic) bond motifs is 2. The Bertz CT molecular complexity index is 1060. The maximum atomic E-state index is 12.3. The number of ether oxygens (including phenoxy) is 3. The molecule has 1 spiro atoms. The van der Waals surface area contributed by atoms with Gasteiger partial charge in [0.2, 0.25) is 0 Å². The number of carbonyl (C=O) groups excluding carboxylic acids is 2. The number of aliphatic imine (C=N–C) groups is 1. The molecule has 3 aliphatic rings. The Balaban J connectivity index is 1.12. The number of halogens is 1. The van der Waals surface area contributed by atoms with Gasteiger partial charge in [0.25, 0.3) is 11.9 Å². The number of rotatable bonds is 4. The van der Waals surface area contributed by atoms with Crippen molar-refractivity contribution in [3.8, 4) is 5.75 Å². The first-order chi connectivity index (χ1) is 15.5. The van der Waals surface area contributed by atoms with E-state index in [4.69, 9.17) is 25.8 Å². The predicted molar refractivity (Wildman–Crippen MR) is 117 cm³/mol. The Hall–Kier alpha value is -2.90. The van der Waals surface area contributed by atoms with Crippen LogP contribution in [0.2, 0.25) is 5.02 Å². The summed E-state index contributed by atoms with van der Waals surface area (Å²) in [6.07, 6.45) is 1.11. The number of esters is 1. The molecule has 0 N–H and O–H groups in total. The molecule has 166 valence electrons. The molecule has 2 aromatic rings. The standard InChI is InChI=1S/C24H23ClN2O5/c25-17-5-7-18(8-6-17)31-21(28)10-9-20-22(29)26-23(32-20)27-13-11-24(12-14-27)19-4-2-1-3-16(19)15-30-24/h1-8,20H,9-15H2. The van der Waals surface area contributed by atoms with E-state index in [2.05, 4.69) is 17.1 Å². The molecular weight excluding hydrogens is 432 g/mol. The molecule has 0 saturated carbocycles. The number of carbonyl (C=O) groups is 2. The molecule has 1 saturated heterocycles. The summed E-state index contributed by atoms with van der Waals surface area (Å²) in [6, 6.07) is 15.2. The molecule has 8 heteroatoms. The molecule has 0 aliphatic carbocycles. The molecule has 0 radical (unpaired) electrons. The van der Waals surface area contributed by atoms with Crippen molar-refractivity contribution in [3.63, 3.8) is 0 Å². The van der Waals surface area contributed by atoms with Crippen molar-refractivity contribution in [3.05, 3.63) is 64.7 Å². The topological polar surface area (TPSA) is 77.4 Å². The second-order valence-corrected chi connectivity index (χ2v) is 8.67. The average Bonchev–Trinajstić information content (AvgIpc) is 3.35. The summed E-state index contributed by atoms with van der Waals surface area (Å²) in [5.74, 6) is -0.385. The zero-order valence-electron chi connectivity index (χ0n) is 17.5. The van der Waals surface area contributed by atoms with Crippen LogP contribution in [-0.4, -0.2) is 42.0 Å². The fourth-order valence-corrected chi connectivity index (χ4v) is 4.62. The Labute approximate surface area is 190 Å². The van der Waals surface area contributed by atoms with Gasteiger partial charge in [-0.1, -0.05) is 35.9 Å². The van der Waals surface area contributed by atoms with E-state index in [0.717, 1.165) is 12.8 Å². The molecule has 7 nitrogen and oxygen atoms in total. The second kappa shape index (κ2) is 8.56. The van der Waals surface area contributed by atoms with Crippen LogP contribution >= 0.6 is 11.6 Å². The largest absolute Gasteiger partial charge is 0.451 e. The van der Waals surface area contributed by atoms with Gasteiger partial charge in [-0.25, -0.2) is 0 Å². The lowest BCUT2D eigenvalue weighted by molar-refractivity contribution is -0.135. The number of hydrogen-bond donors (Lipinski definition) is 0. The van der Waals surface area contributed by atoms with Crippen molar-refractivity contribution >= 4 is 29.5 Å². The molecule has 3 aliphatic heterocycles. The Morgan fingerprint density at radius 2 is 1.91 bits per heavy atom. The summed E-state index contributed by atoms with van der Waals surface area (Å²) >= 11 is 5.83. The maximum absolute atomic E-state index is 12.3. The summed E-state index contributed by atoms with van der Waals surface area (Å²) in [6.45, 7) is 2.01. The third kappa shape index (κ3) is 4.10. The smallest absolute Gasteiger partial charge is 0.311 e. The van der Waals surface area contributed by atoms with E-state index < -0.39 is 12.1 Å². The van der Waals surface area contributed by atoms with Gasteiger partial charge in [-0.2, -0.15) is 4.99 Å². The van der Waals surface area contributed by atoms with Crippen LogP contribution in [-0.2, 0) is 31.3 Å². The van der Waals surface area contributed by atoms with Gasteiger partial charge in [0.05, 0.1) is 12.2 Å². The van der Waals surface area contributed by atoms with Crippen LogP contribution in [0.3, 0.4) is 0 Å². The Morgan fingerprint density at radius 1 is 1.16 bits per heavy atom. The SMILES string of the molecule is O=C(CCC1OC(N2CCC3(CC2)OCc2ccccc23)=NC1=O)Oc1ccc(Cl)cc1. The van der Waals surface area contributed by atoms with Gasteiger partial charge in [0, 0.05) is 31.0 Å². The minimum atomic E-state index is -0.762. The monoisotopic (exact) mass is 454 g/mol. The highest BCUT2D eigenvalue weighted by atomic mass is 35.5. The number of benzene rings is 2. The third-order valence-corrected chi connectivity index (χ3v) is 6.49. The van der Waals surface area contributed by atoms with Crippen molar-refractivity contribution in [2.24, 2.45) is 4.99 Å². The minimum Gasteiger partial charge on any atom is -0.451 e. The van der Waals surface area contributed by atoms with Crippen LogP contribution in [0.1, 0.15) is 36.8 Å². The van der Waals surface area contributed by atoms with Gasteiger partial charge in [-0.05, 0) is 48.2 Å². The highest BCUT2D eigenvalue weighted by molar-refractivity contribution is 6.30. The summed E-state index contributed by atoms with van der Waals surface area (Å²) in [5, 5.41) is 0.562. The first-order valence-electron chi connectivity index (χ1n) is 10.8. The van der Waals surface area contributed by atoms with Gasteiger partial charge >= 0.3 is 5.97 Å². The number of piperidine rings is 1. The van der Waals surface area contributed by atoms with Crippen molar-refractivity contribution in [1.82, 2.24) is 4.90 Å². The first-order valence-corrected chi connectivity index (χ1v) is 11.1. The number of amides is 1. The zero-order valence-corrected chi connectivity index (χ0v) is 18.2. The van der Waals surface area contributed by atoms with E-state index in [-0.39, 0.29) is 24.3 Å². The summed E-state index contributed by atoms with van der Waals surface area (Å²) in [4.78, 5) is 30.5. The molecule has 1 unspecified atom stereocenters. The Morgan fingerprint density at radius 3 is 2.69 bits per heavy atom. The van der Waals surface area contributed by atoms with Crippen LogP contribution in [0.5, 0.6) is 5.75 Å². The molecule has 0 bridgehead atoms. The van der Waals surface area contributed by atoms with E-state index in [9.17, 15) is 9.59 Å². The summed E-state index contributed by atoms with van der Waals surface area (Å²) in [7, 11) is 0. The molecule has 1 fully saturated rings. The van der Waals surface area contributed by atoms with Crippen molar-refractivity contribution in [1.29, 1.82) is 0 Å². The Kier molecular flexibility index (Phi) is 5.61. The normalized spacial score (nSPS) is 21.3. The van der Waals surface area contributed by atoms with E-state index in [0.29, 0.717) is 36.5 Å². The van der Waals surface area contributed by atoms with E-state index in [1.807, 2.05) is 17.0 Å². The van der Waals surface area contributed by atoms with Crippen molar-refractivity contribution < 1.29 is 23.8 Å². The van der Waals surface area contributed by atoms with Gasteiger partial charge in [-0.15, -0.1) is 0 Å². The fraction of sp³-hybridized carbons (Fsp3) is 0.375. The lowest BCUT2D eigenvalue weighted by Crippen LogP contribution is -2.45. The second-order valence-electron chi connectivity index (χ2n) is 8.23. The van der Waals surface area contributed by atoms with E-state index in [1.165, 1.54) is 11.1 Å². The minimum absolute atomic E-state index is 0.0512. The quantitative estimate of drug-likeness (QED) is 0.516. The molecule has 2 aromatic carbocycles. The maximum Gasteiger partial charge on any atom is 0.311 e. The van der Waals surface area contributed by atoms with Gasteiger partial charge in [0.1, 0.15) is 5.75 Å². The molecule has 0 aromatic heterocycles. The van der Waals surface area contributed by atoms with E-state index in [1.54, 1.807) is 24.3 Å². The first kappa shape index (κ1) is 21.0. The number of amidine groups is 1. The average molecular weight is 455 g/mol. The van der Waals surface area contributed by atoms with Gasteiger partial charge in [0.15, 0.2) is 6.10 Å². The zero-order chi connectivity index (χ0) is 22.1. The highest BCUT2D eigenvalue weighted by Gasteiger charge is 2.44. The molecule has 1 atom stereocenters. The molecule has 32 heavy (non-hydrogen) atoms. The lowest BCUT2D eigenvalue weighted by Gasteiger charge is -2.39. The van der Waals surface area contributed by atoms with Crippen molar-refractivity contribution in [2.75, 3.05) is 13.1 Å². The van der Waals surface area contributed by atoms with Crippen LogP contribution in [0.4, 0.5) is 0 Å². The lowest BCUT2D eigenvalue weighted by atomic mass is 9.84. The number of nitrogens with zero attached hydrogens (tertiary/aromatic N) is 2. The molecule has 5 rings (SSSR count). The summed E-state index contributed by atoms with van der Waals surface area (Å²) < 4.78 is 17.3. The van der Waals surface area contributed by atoms with Gasteiger partial charge < -0.3 is 19.1 Å². The van der Waals surface area contributed by atoms with Crippen LogP contribution < -0.4 is 4.74 Å².